The van der Waals surface area contributed by atoms with Crippen LogP contribution in [0.3, 0.4) is 0 Å². The molecule has 1 heterocycles. The number of aryl methyl sites for hydroxylation is 1. The molecule has 0 bridgehead atoms. The molecular formula is C11H11NOS. The van der Waals surface area contributed by atoms with Gasteiger partial charge >= 0.3 is 0 Å². The molecule has 0 atom stereocenters. The van der Waals surface area contributed by atoms with Crippen molar-refractivity contribution < 1.29 is 0 Å². The second-order valence-electron chi connectivity index (χ2n) is 3.23. The molecule has 0 aliphatic carbocycles. The average Bonchev–Trinajstić information content (AvgIpc) is 2.19. The maximum Gasteiger partial charge on any atom is 0.251 e. The maximum absolute atomic E-state index is 11.3. The summed E-state index contributed by atoms with van der Waals surface area (Å²) in [5.74, 6) is 0. The summed E-state index contributed by atoms with van der Waals surface area (Å²) in [5.41, 5.74) is 1.66. The fourth-order valence-electron chi connectivity index (χ4n) is 1.42. The minimum atomic E-state index is -0.00518. The van der Waals surface area contributed by atoms with E-state index in [0.717, 1.165) is 16.5 Å². The van der Waals surface area contributed by atoms with Gasteiger partial charge in [0.25, 0.3) is 5.56 Å². The Morgan fingerprint density at radius 2 is 2.07 bits per heavy atom. The number of hydrogen-bond acceptors (Lipinski definition) is 2. The Kier molecular flexibility index (Phi) is 2.33. The summed E-state index contributed by atoms with van der Waals surface area (Å²) in [5, 5.41) is 1.09. The first-order chi connectivity index (χ1) is 6.70. The lowest BCUT2D eigenvalue weighted by atomic mass is 10.2. The highest BCUT2D eigenvalue weighted by Gasteiger charge is 1.99. The predicted octanol–water partition coefficient (Wildman–Crippen LogP) is 2.56. The van der Waals surface area contributed by atoms with Crippen molar-refractivity contribution in [3.05, 3.63) is 40.2 Å². The normalized spacial score (nSPS) is 10.7. The number of benzene rings is 1. The van der Waals surface area contributed by atoms with Crippen LogP contribution < -0.4 is 5.56 Å². The summed E-state index contributed by atoms with van der Waals surface area (Å²) in [6.45, 7) is 1.82. The molecule has 2 nitrogen and oxygen atoms in total. The highest BCUT2D eigenvalue weighted by atomic mass is 32.2. The molecule has 0 aliphatic rings. The molecule has 1 aromatic carbocycles. The third-order valence-electron chi connectivity index (χ3n) is 2.24. The van der Waals surface area contributed by atoms with E-state index in [4.69, 9.17) is 0 Å². The first kappa shape index (κ1) is 9.34. The van der Waals surface area contributed by atoms with E-state index in [0.29, 0.717) is 0 Å². The average molecular weight is 205 g/mol. The summed E-state index contributed by atoms with van der Waals surface area (Å²) in [6.07, 6.45) is 2.04. The fraction of sp³-hybridized carbons (Fsp3) is 0.182. The topological polar surface area (TPSA) is 32.9 Å². The minimum Gasteiger partial charge on any atom is -0.322 e. The van der Waals surface area contributed by atoms with Crippen LogP contribution in [0.15, 0.2) is 34.0 Å². The molecule has 0 unspecified atom stereocenters. The van der Waals surface area contributed by atoms with Crippen molar-refractivity contribution in [3.63, 3.8) is 0 Å². The molecule has 1 N–H and O–H groups in total. The molecule has 14 heavy (non-hydrogen) atoms. The third-order valence-corrected chi connectivity index (χ3v) is 2.96. The van der Waals surface area contributed by atoms with E-state index in [-0.39, 0.29) is 5.56 Å². The number of thioether (sulfide) groups is 1. The Bertz CT molecular complexity index is 530. The molecule has 2 rings (SSSR count). The Labute approximate surface area is 86.3 Å². The number of H-pyrrole nitrogens is 1. The van der Waals surface area contributed by atoms with Crippen LogP contribution in [0.4, 0.5) is 0 Å². The van der Waals surface area contributed by atoms with Crippen molar-refractivity contribution in [2.45, 2.75) is 11.8 Å². The molecule has 0 spiro atoms. The van der Waals surface area contributed by atoms with Gasteiger partial charge in [0.1, 0.15) is 0 Å². The van der Waals surface area contributed by atoms with Gasteiger partial charge in [-0.1, -0.05) is 0 Å². The van der Waals surface area contributed by atoms with E-state index in [1.807, 2.05) is 31.4 Å². The summed E-state index contributed by atoms with van der Waals surface area (Å²) < 4.78 is 0. The number of pyridine rings is 1. The van der Waals surface area contributed by atoms with Crippen molar-refractivity contribution in [3.8, 4) is 0 Å². The molecule has 2 aromatic rings. The van der Waals surface area contributed by atoms with Gasteiger partial charge in [0.2, 0.25) is 0 Å². The van der Waals surface area contributed by atoms with E-state index in [1.54, 1.807) is 11.8 Å². The predicted molar refractivity (Wildman–Crippen MR) is 61.1 cm³/mol. The standard InChI is InChI=1S/C11H11NOS/c1-7-5-8-6-9(14-2)3-4-10(8)12-11(7)13/h3-6H,1-2H3,(H,12,13). The number of hydrogen-bond donors (Lipinski definition) is 1. The van der Waals surface area contributed by atoms with E-state index >= 15 is 0 Å². The smallest absolute Gasteiger partial charge is 0.251 e. The molecule has 0 fully saturated rings. The van der Waals surface area contributed by atoms with Crippen LogP contribution >= 0.6 is 11.8 Å². The quantitative estimate of drug-likeness (QED) is 0.726. The van der Waals surface area contributed by atoms with Crippen molar-refractivity contribution in [1.29, 1.82) is 0 Å². The molecule has 0 saturated heterocycles. The molecular weight excluding hydrogens is 194 g/mol. The summed E-state index contributed by atoms with van der Waals surface area (Å²) in [6, 6.07) is 7.97. The van der Waals surface area contributed by atoms with Crippen LogP contribution in [-0.4, -0.2) is 11.2 Å². The highest BCUT2D eigenvalue weighted by Crippen LogP contribution is 2.20. The van der Waals surface area contributed by atoms with Crippen LogP contribution in [0.1, 0.15) is 5.56 Å². The highest BCUT2D eigenvalue weighted by molar-refractivity contribution is 7.98. The van der Waals surface area contributed by atoms with Gasteiger partial charge in [-0.2, -0.15) is 0 Å². The minimum absolute atomic E-state index is 0.00518. The van der Waals surface area contributed by atoms with E-state index in [9.17, 15) is 4.79 Å². The molecule has 72 valence electrons. The van der Waals surface area contributed by atoms with Crippen LogP contribution in [0.2, 0.25) is 0 Å². The summed E-state index contributed by atoms with van der Waals surface area (Å²) in [7, 11) is 0. The molecule has 0 radical (unpaired) electrons. The second kappa shape index (κ2) is 3.50. The lowest BCUT2D eigenvalue weighted by Crippen LogP contribution is -2.08. The van der Waals surface area contributed by atoms with E-state index in [2.05, 4.69) is 11.1 Å². The van der Waals surface area contributed by atoms with Gasteiger partial charge in [0.05, 0.1) is 0 Å². The molecule has 1 aromatic heterocycles. The SMILES string of the molecule is CSc1ccc2[nH]c(=O)c(C)cc2c1. The van der Waals surface area contributed by atoms with Gasteiger partial charge < -0.3 is 4.98 Å². The van der Waals surface area contributed by atoms with Crippen molar-refractivity contribution in [2.24, 2.45) is 0 Å². The van der Waals surface area contributed by atoms with Gasteiger partial charge in [-0.15, -0.1) is 11.8 Å². The van der Waals surface area contributed by atoms with Crippen LogP contribution in [0.5, 0.6) is 0 Å². The molecule has 0 aliphatic heterocycles. The number of aromatic amines is 1. The molecule has 0 amide bonds. The van der Waals surface area contributed by atoms with Crippen LogP contribution in [0, 0.1) is 6.92 Å². The van der Waals surface area contributed by atoms with Crippen molar-refractivity contribution in [1.82, 2.24) is 4.98 Å². The zero-order valence-corrected chi connectivity index (χ0v) is 8.94. The van der Waals surface area contributed by atoms with Gasteiger partial charge in [0, 0.05) is 16.0 Å². The van der Waals surface area contributed by atoms with Crippen molar-refractivity contribution in [2.75, 3.05) is 6.26 Å². The lowest BCUT2D eigenvalue weighted by Gasteiger charge is -2.01. The van der Waals surface area contributed by atoms with Gasteiger partial charge in [0.15, 0.2) is 0 Å². The second-order valence-corrected chi connectivity index (χ2v) is 4.11. The third kappa shape index (κ3) is 1.55. The maximum atomic E-state index is 11.3. The molecule has 3 heteroatoms. The van der Waals surface area contributed by atoms with Gasteiger partial charge in [-0.25, -0.2) is 0 Å². The summed E-state index contributed by atoms with van der Waals surface area (Å²) in [4.78, 5) is 15.4. The van der Waals surface area contributed by atoms with Gasteiger partial charge in [-0.3, -0.25) is 4.79 Å². The Balaban J connectivity index is 2.77. The van der Waals surface area contributed by atoms with Gasteiger partial charge in [-0.05, 0) is 42.8 Å². The number of fused-ring (bicyclic) bond motifs is 1. The summed E-state index contributed by atoms with van der Waals surface area (Å²) >= 11 is 1.70. The van der Waals surface area contributed by atoms with Crippen LogP contribution in [-0.2, 0) is 0 Å². The molecule has 0 saturated carbocycles. The Hall–Kier alpha value is -1.22. The van der Waals surface area contributed by atoms with E-state index < -0.39 is 0 Å². The van der Waals surface area contributed by atoms with E-state index in [1.165, 1.54) is 4.90 Å². The number of aromatic nitrogens is 1. The largest absolute Gasteiger partial charge is 0.322 e. The lowest BCUT2D eigenvalue weighted by molar-refractivity contribution is 1.23. The van der Waals surface area contributed by atoms with Crippen molar-refractivity contribution >= 4 is 22.7 Å². The zero-order valence-electron chi connectivity index (χ0n) is 8.13. The monoisotopic (exact) mass is 205 g/mol. The fourth-order valence-corrected chi connectivity index (χ4v) is 1.87. The Morgan fingerprint density at radius 3 is 2.79 bits per heavy atom. The first-order valence-corrected chi connectivity index (χ1v) is 5.61. The Morgan fingerprint density at radius 1 is 1.29 bits per heavy atom. The first-order valence-electron chi connectivity index (χ1n) is 4.38. The number of nitrogens with one attached hydrogen (secondary N) is 1. The number of rotatable bonds is 1. The van der Waals surface area contributed by atoms with Crippen LogP contribution in [0.25, 0.3) is 10.9 Å². The zero-order chi connectivity index (χ0) is 10.1.